The molecule has 1 aromatic carbocycles. The maximum Gasteiger partial charge on any atom is 0.219 e. The van der Waals surface area contributed by atoms with Crippen molar-refractivity contribution >= 4 is 16.8 Å². The van der Waals surface area contributed by atoms with Crippen LogP contribution in [0, 0.1) is 0 Å². The van der Waals surface area contributed by atoms with Crippen molar-refractivity contribution in [1.29, 1.82) is 0 Å². The van der Waals surface area contributed by atoms with E-state index in [2.05, 4.69) is 11.1 Å². The smallest absolute Gasteiger partial charge is 0.219 e. The van der Waals surface area contributed by atoms with Crippen molar-refractivity contribution in [3.8, 4) is 0 Å². The number of carbonyl (C=O) groups excluding carboxylic acids is 1. The molecule has 3 nitrogen and oxygen atoms in total. The first-order valence-corrected chi connectivity index (χ1v) is 5.22. The summed E-state index contributed by atoms with van der Waals surface area (Å²) in [6.45, 7) is 2.17. The lowest BCUT2D eigenvalue weighted by Gasteiger charge is -2.14. The van der Waals surface area contributed by atoms with Gasteiger partial charge in [-0.3, -0.25) is 9.78 Å². The fraction of sp³-hybridized carbons (Fsp3) is 0.231. The van der Waals surface area contributed by atoms with Crippen LogP contribution in [-0.2, 0) is 11.3 Å². The Labute approximate surface area is 94.7 Å². The summed E-state index contributed by atoms with van der Waals surface area (Å²) in [5.41, 5.74) is 2.04. The summed E-state index contributed by atoms with van der Waals surface area (Å²) in [6, 6.07) is 10.0. The Hall–Kier alpha value is -1.90. The number of amides is 1. The third-order valence-corrected chi connectivity index (χ3v) is 2.60. The first kappa shape index (κ1) is 10.6. The topological polar surface area (TPSA) is 33.2 Å². The third kappa shape index (κ3) is 2.19. The Morgan fingerprint density at radius 2 is 2.12 bits per heavy atom. The molecule has 0 N–H and O–H groups in total. The summed E-state index contributed by atoms with van der Waals surface area (Å²) in [5.74, 6) is 0.0631. The summed E-state index contributed by atoms with van der Waals surface area (Å²) in [4.78, 5) is 17.1. The van der Waals surface area contributed by atoms with Crippen LogP contribution in [0.15, 0.2) is 36.5 Å². The molecule has 0 bridgehead atoms. The lowest BCUT2D eigenvalue weighted by atomic mass is 10.1. The number of para-hydroxylation sites is 1. The highest BCUT2D eigenvalue weighted by molar-refractivity contribution is 5.79. The monoisotopic (exact) mass is 214 g/mol. The van der Waals surface area contributed by atoms with Crippen molar-refractivity contribution in [2.75, 3.05) is 7.05 Å². The lowest BCUT2D eigenvalue weighted by Crippen LogP contribution is -2.23. The van der Waals surface area contributed by atoms with E-state index in [1.54, 1.807) is 18.9 Å². The van der Waals surface area contributed by atoms with E-state index >= 15 is 0 Å². The fourth-order valence-corrected chi connectivity index (χ4v) is 1.59. The Balaban J connectivity index is 2.29. The Bertz CT molecular complexity index is 522. The van der Waals surface area contributed by atoms with Gasteiger partial charge in [-0.25, -0.2) is 0 Å². The van der Waals surface area contributed by atoms with Crippen molar-refractivity contribution in [2.45, 2.75) is 13.5 Å². The van der Waals surface area contributed by atoms with Gasteiger partial charge in [-0.15, -0.1) is 0 Å². The van der Waals surface area contributed by atoms with Crippen LogP contribution >= 0.6 is 0 Å². The minimum atomic E-state index is 0.0631. The number of aromatic nitrogens is 1. The first-order valence-electron chi connectivity index (χ1n) is 5.22. The van der Waals surface area contributed by atoms with Gasteiger partial charge in [0.05, 0.1) is 5.52 Å². The number of rotatable bonds is 2. The number of pyridine rings is 1. The molecule has 0 aliphatic heterocycles. The largest absolute Gasteiger partial charge is 0.342 e. The summed E-state index contributed by atoms with van der Waals surface area (Å²) < 4.78 is 0. The van der Waals surface area contributed by atoms with Crippen molar-refractivity contribution in [2.24, 2.45) is 0 Å². The molecule has 0 spiro atoms. The summed E-state index contributed by atoms with van der Waals surface area (Å²) in [6.07, 6.45) is 1.82. The van der Waals surface area contributed by atoms with Crippen LogP contribution in [-0.4, -0.2) is 22.8 Å². The van der Waals surface area contributed by atoms with Gasteiger partial charge in [0.2, 0.25) is 5.91 Å². The molecule has 0 aliphatic carbocycles. The number of carbonyl (C=O) groups is 1. The highest BCUT2D eigenvalue weighted by Crippen LogP contribution is 2.13. The summed E-state index contributed by atoms with van der Waals surface area (Å²) in [5, 5.41) is 1.11. The number of hydrogen-bond acceptors (Lipinski definition) is 2. The highest BCUT2D eigenvalue weighted by Gasteiger charge is 2.04. The average Bonchev–Trinajstić information content (AvgIpc) is 2.28. The molecule has 3 heteroatoms. The van der Waals surface area contributed by atoms with Gasteiger partial charge in [0.1, 0.15) is 0 Å². The Morgan fingerprint density at radius 1 is 1.38 bits per heavy atom. The molecule has 0 saturated carbocycles. The zero-order valence-corrected chi connectivity index (χ0v) is 9.47. The molecule has 2 aromatic rings. The zero-order chi connectivity index (χ0) is 11.5. The lowest BCUT2D eigenvalue weighted by molar-refractivity contribution is -0.128. The maximum atomic E-state index is 11.1. The van der Waals surface area contributed by atoms with Gasteiger partial charge in [-0.2, -0.15) is 0 Å². The number of benzene rings is 1. The van der Waals surface area contributed by atoms with Crippen LogP contribution in [0.4, 0.5) is 0 Å². The van der Waals surface area contributed by atoms with E-state index in [9.17, 15) is 4.79 Å². The van der Waals surface area contributed by atoms with Gasteiger partial charge in [0.15, 0.2) is 0 Å². The third-order valence-electron chi connectivity index (χ3n) is 2.60. The average molecular weight is 214 g/mol. The number of fused-ring (bicyclic) bond motifs is 1. The molecular formula is C13H14N2O. The van der Waals surface area contributed by atoms with Crippen molar-refractivity contribution < 1.29 is 4.79 Å². The molecule has 82 valence electrons. The van der Waals surface area contributed by atoms with E-state index in [4.69, 9.17) is 0 Å². The second-order valence-corrected chi connectivity index (χ2v) is 3.91. The van der Waals surface area contributed by atoms with Crippen molar-refractivity contribution in [1.82, 2.24) is 9.88 Å². The highest BCUT2D eigenvalue weighted by atomic mass is 16.2. The second-order valence-electron chi connectivity index (χ2n) is 3.91. The molecule has 1 amide bonds. The normalized spacial score (nSPS) is 10.4. The molecule has 0 unspecified atom stereocenters. The van der Waals surface area contributed by atoms with Crippen LogP contribution < -0.4 is 0 Å². The summed E-state index contributed by atoms with van der Waals surface area (Å²) in [7, 11) is 1.79. The van der Waals surface area contributed by atoms with Crippen LogP contribution in [0.5, 0.6) is 0 Å². The van der Waals surface area contributed by atoms with Crippen LogP contribution in [0.2, 0.25) is 0 Å². The van der Waals surface area contributed by atoms with Crippen LogP contribution in [0.3, 0.4) is 0 Å². The van der Waals surface area contributed by atoms with Gasteiger partial charge in [0, 0.05) is 32.1 Å². The molecule has 0 atom stereocenters. The predicted molar refractivity (Wildman–Crippen MR) is 63.9 cm³/mol. The quantitative estimate of drug-likeness (QED) is 0.768. The minimum absolute atomic E-state index is 0.0631. The second kappa shape index (κ2) is 4.31. The molecular weight excluding hydrogens is 200 g/mol. The van der Waals surface area contributed by atoms with Crippen LogP contribution in [0.1, 0.15) is 12.5 Å². The molecule has 0 saturated heterocycles. The van der Waals surface area contributed by atoms with E-state index in [1.807, 2.05) is 30.5 Å². The molecule has 0 fully saturated rings. The van der Waals surface area contributed by atoms with E-state index in [-0.39, 0.29) is 5.91 Å². The maximum absolute atomic E-state index is 11.1. The molecule has 0 radical (unpaired) electrons. The van der Waals surface area contributed by atoms with Gasteiger partial charge >= 0.3 is 0 Å². The van der Waals surface area contributed by atoms with E-state index in [1.165, 1.54) is 0 Å². The van der Waals surface area contributed by atoms with Gasteiger partial charge < -0.3 is 4.90 Å². The van der Waals surface area contributed by atoms with Gasteiger partial charge in [0.25, 0.3) is 0 Å². The Kier molecular flexibility index (Phi) is 2.86. The van der Waals surface area contributed by atoms with Crippen molar-refractivity contribution in [3.05, 3.63) is 42.1 Å². The van der Waals surface area contributed by atoms with Gasteiger partial charge in [-0.05, 0) is 17.7 Å². The Morgan fingerprint density at radius 3 is 2.88 bits per heavy atom. The van der Waals surface area contributed by atoms with E-state index < -0.39 is 0 Å². The SMILES string of the molecule is CC(=O)N(C)Cc1cnc2ccccc2c1. The van der Waals surface area contributed by atoms with Crippen molar-refractivity contribution in [3.63, 3.8) is 0 Å². The fourth-order valence-electron chi connectivity index (χ4n) is 1.59. The molecule has 1 heterocycles. The zero-order valence-electron chi connectivity index (χ0n) is 9.47. The van der Waals surface area contributed by atoms with E-state index in [0.29, 0.717) is 6.54 Å². The predicted octanol–water partition coefficient (Wildman–Crippen LogP) is 2.21. The van der Waals surface area contributed by atoms with E-state index in [0.717, 1.165) is 16.5 Å². The minimum Gasteiger partial charge on any atom is -0.342 e. The number of hydrogen-bond donors (Lipinski definition) is 0. The molecule has 16 heavy (non-hydrogen) atoms. The molecule has 2 rings (SSSR count). The molecule has 1 aromatic heterocycles. The standard InChI is InChI=1S/C13H14N2O/c1-10(16)15(2)9-11-7-12-5-3-4-6-13(12)14-8-11/h3-8H,9H2,1-2H3. The van der Waals surface area contributed by atoms with Crippen LogP contribution in [0.25, 0.3) is 10.9 Å². The van der Waals surface area contributed by atoms with Gasteiger partial charge in [-0.1, -0.05) is 18.2 Å². The number of nitrogens with zero attached hydrogens (tertiary/aromatic N) is 2. The first-order chi connectivity index (χ1) is 7.66. The molecule has 0 aliphatic rings. The summed E-state index contributed by atoms with van der Waals surface area (Å²) >= 11 is 0.